The van der Waals surface area contributed by atoms with Gasteiger partial charge in [0.05, 0.1) is 0 Å². The first-order chi connectivity index (χ1) is 12.0. The molecule has 0 bridgehead atoms. The van der Waals surface area contributed by atoms with Crippen molar-refractivity contribution in [3.8, 4) is 0 Å². The highest BCUT2D eigenvalue weighted by molar-refractivity contribution is 7.75. The quantitative estimate of drug-likeness (QED) is 0.487. The second kappa shape index (κ2) is 10.1. The van der Waals surface area contributed by atoms with Crippen molar-refractivity contribution in [1.82, 2.24) is 5.32 Å². The summed E-state index contributed by atoms with van der Waals surface area (Å²) < 4.78 is 18.8. The van der Waals surface area contributed by atoms with Crippen LogP contribution in [0.1, 0.15) is 51.0 Å². The van der Waals surface area contributed by atoms with Crippen LogP contribution in [-0.4, -0.2) is 24.1 Å². The van der Waals surface area contributed by atoms with Crippen molar-refractivity contribution in [2.75, 3.05) is 0 Å². The molecule has 0 radical (unpaired) electrons. The molecule has 1 aliphatic carbocycles. The van der Waals surface area contributed by atoms with E-state index in [9.17, 15) is 9.18 Å². The van der Waals surface area contributed by atoms with E-state index in [0.717, 1.165) is 19.3 Å². The maximum Gasteiger partial charge on any atom is 0.252 e. The van der Waals surface area contributed by atoms with Gasteiger partial charge in [-0.15, -0.1) is 0 Å². The summed E-state index contributed by atoms with van der Waals surface area (Å²) in [5.74, 6) is 0.000106. The minimum atomic E-state index is -0.798. The number of amides is 1. The summed E-state index contributed by atoms with van der Waals surface area (Å²) in [7, 11) is 0. The zero-order chi connectivity index (χ0) is 18.2. The molecule has 2 unspecified atom stereocenters. The van der Waals surface area contributed by atoms with Crippen LogP contribution in [0.25, 0.3) is 0 Å². The summed E-state index contributed by atoms with van der Waals surface area (Å²) in [6, 6.07) is 5.96. The minimum Gasteiger partial charge on any atom is -0.351 e. The van der Waals surface area contributed by atoms with Gasteiger partial charge in [0, 0.05) is 12.1 Å². The van der Waals surface area contributed by atoms with Crippen LogP contribution in [0.3, 0.4) is 0 Å². The van der Waals surface area contributed by atoms with Gasteiger partial charge >= 0.3 is 0 Å². The van der Waals surface area contributed by atoms with Crippen molar-refractivity contribution in [3.63, 3.8) is 0 Å². The zero-order valence-corrected chi connectivity index (χ0v) is 15.7. The van der Waals surface area contributed by atoms with Crippen LogP contribution < -0.4 is 11.1 Å². The Morgan fingerprint density at radius 1 is 1.36 bits per heavy atom. The Labute approximate surface area is 155 Å². The normalized spacial score (nSPS) is 19.2. The van der Waals surface area contributed by atoms with E-state index in [1.54, 1.807) is 18.2 Å². The lowest BCUT2D eigenvalue weighted by Gasteiger charge is -2.28. The van der Waals surface area contributed by atoms with Gasteiger partial charge in [-0.3, -0.25) is 4.79 Å². The summed E-state index contributed by atoms with van der Waals surface area (Å²) >= 11 is 3.85. The maximum absolute atomic E-state index is 13.7. The monoisotopic (exact) mass is 368 g/mol. The molecule has 1 aromatic rings. The highest BCUT2D eigenvalue weighted by Gasteiger charge is 2.29. The Balaban J connectivity index is 1.86. The molecular formula is C19H29FN2O2S. The Morgan fingerprint density at radius 2 is 2.04 bits per heavy atom. The van der Waals surface area contributed by atoms with Gasteiger partial charge in [-0.25, -0.2) is 4.39 Å². The lowest BCUT2D eigenvalue weighted by atomic mass is 9.84. The average molecular weight is 369 g/mol. The second-order valence-corrected chi connectivity index (χ2v) is 7.35. The van der Waals surface area contributed by atoms with Crippen molar-refractivity contribution in [2.45, 2.75) is 70.1 Å². The van der Waals surface area contributed by atoms with E-state index in [1.807, 2.05) is 6.92 Å². The van der Waals surface area contributed by atoms with Crippen LogP contribution in [-0.2, 0) is 15.4 Å². The second-order valence-electron chi connectivity index (χ2n) is 7.13. The van der Waals surface area contributed by atoms with Crippen molar-refractivity contribution >= 4 is 18.8 Å². The lowest BCUT2D eigenvalue weighted by molar-refractivity contribution is -0.129. The number of nitrogens with one attached hydrogen (secondary N) is 1. The van der Waals surface area contributed by atoms with Crippen LogP contribution in [0.4, 0.5) is 4.39 Å². The van der Waals surface area contributed by atoms with Gasteiger partial charge in [0.25, 0.3) is 5.91 Å². The molecule has 1 amide bonds. The number of carbonyl (C=O) groups excluding carboxylic acids is 1. The number of rotatable bonds is 8. The molecule has 25 heavy (non-hydrogen) atoms. The molecule has 6 heteroatoms. The third-order valence-electron chi connectivity index (χ3n) is 4.96. The van der Waals surface area contributed by atoms with Gasteiger partial charge in [-0.2, -0.15) is 0 Å². The molecule has 4 nitrogen and oxygen atoms in total. The van der Waals surface area contributed by atoms with Crippen molar-refractivity contribution in [1.29, 1.82) is 0 Å². The number of nitrogens with two attached hydrogens (primary N) is 1. The first-order valence-corrected chi connectivity index (χ1v) is 9.47. The third-order valence-corrected chi connectivity index (χ3v) is 5.19. The fraction of sp³-hybridized carbons (Fsp3) is 0.632. The van der Waals surface area contributed by atoms with Crippen LogP contribution in [0.2, 0.25) is 0 Å². The van der Waals surface area contributed by atoms with Crippen molar-refractivity contribution in [3.05, 3.63) is 35.6 Å². The average Bonchev–Trinajstić information content (AvgIpc) is 2.58. The smallest absolute Gasteiger partial charge is 0.252 e. The molecule has 0 aromatic heterocycles. The van der Waals surface area contributed by atoms with Gasteiger partial charge in [-0.05, 0) is 50.2 Å². The van der Waals surface area contributed by atoms with E-state index in [-0.39, 0.29) is 23.8 Å². The molecule has 3 N–H and O–H groups in total. The summed E-state index contributed by atoms with van der Waals surface area (Å²) in [5.41, 5.74) is 6.79. The molecule has 140 valence electrons. The van der Waals surface area contributed by atoms with E-state index in [2.05, 4.69) is 18.2 Å². The molecule has 0 aliphatic heterocycles. The van der Waals surface area contributed by atoms with Gasteiger partial charge in [0.15, 0.2) is 6.10 Å². The molecule has 1 saturated carbocycles. The van der Waals surface area contributed by atoms with E-state index in [4.69, 9.17) is 9.92 Å². The van der Waals surface area contributed by atoms with Crippen molar-refractivity contribution in [2.24, 2.45) is 11.7 Å². The number of carbonyl (C=O) groups is 1. The molecule has 2 rings (SSSR count). The number of hydrogen-bond acceptors (Lipinski definition) is 4. The van der Waals surface area contributed by atoms with Crippen LogP contribution in [0.15, 0.2) is 24.3 Å². The fourth-order valence-electron chi connectivity index (χ4n) is 3.62. The first-order valence-electron chi connectivity index (χ1n) is 9.10. The SMILES string of the molecule is CC(Cc1ccccc1F)NC(=O)C(OS)[C@H](N)CC1CCCCC1. The molecular weight excluding hydrogens is 339 g/mol. The summed E-state index contributed by atoms with van der Waals surface area (Å²) in [6.45, 7) is 1.84. The molecule has 0 spiro atoms. The highest BCUT2D eigenvalue weighted by Crippen LogP contribution is 2.28. The maximum atomic E-state index is 13.7. The van der Waals surface area contributed by atoms with Crippen molar-refractivity contribution < 1.29 is 13.4 Å². The van der Waals surface area contributed by atoms with Gasteiger partial charge in [-0.1, -0.05) is 50.3 Å². The van der Waals surface area contributed by atoms with Crippen LogP contribution >= 0.6 is 12.9 Å². The molecule has 0 saturated heterocycles. The first kappa shape index (κ1) is 20.2. The summed E-state index contributed by atoms with van der Waals surface area (Å²) in [6.07, 6.45) is 6.46. The van der Waals surface area contributed by atoms with Crippen LogP contribution in [0.5, 0.6) is 0 Å². The molecule has 0 heterocycles. The Hall–Kier alpha value is -1.11. The van der Waals surface area contributed by atoms with Crippen LogP contribution in [0, 0.1) is 11.7 Å². The largest absolute Gasteiger partial charge is 0.351 e. The predicted octanol–water partition coefficient (Wildman–Crippen LogP) is 3.40. The fourth-order valence-corrected chi connectivity index (χ4v) is 3.87. The Morgan fingerprint density at radius 3 is 2.68 bits per heavy atom. The minimum absolute atomic E-state index is 0.225. The van der Waals surface area contributed by atoms with E-state index in [1.165, 1.54) is 25.3 Å². The number of benzene rings is 1. The van der Waals surface area contributed by atoms with E-state index in [0.29, 0.717) is 17.9 Å². The summed E-state index contributed by atoms with van der Waals surface area (Å²) in [5, 5.41) is 2.87. The van der Waals surface area contributed by atoms with E-state index < -0.39 is 6.10 Å². The number of thiol groups is 1. The lowest BCUT2D eigenvalue weighted by Crippen LogP contribution is -2.50. The molecule has 3 atom stereocenters. The van der Waals surface area contributed by atoms with Gasteiger partial charge in [0.1, 0.15) is 5.82 Å². The van der Waals surface area contributed by atoms with E-state index >= 15 is 0 Å². The molecule has 1 aromatic carbocycles. The third kappa shape index (κ3) is 6.28. The highest BCUT2D eigenvalue weighted by atomic mass is 32.1. The Bertz CT molecular complexity index is 552. The molecule has 1 fully saturated rings. The van der Waals surface area contributed by atoms with Gasteiger partial charge < -0.3 is 15.2 Å². The number of hydrogen-bond donors (Lipinski definition) is 3. The van der Waals surface area contributed by atoms with Gasteiger partial charge in [0.2, 0.25) is 0 Å². The topological polar surface area (TPSA) is 64.3 Å². The number of halogens is 1. The summed E-state index contributed by atoms with van der Waals surface area (Å²) in [4.78, 5) is 12.5. The Kier molecular flexibility index (Phi) is 8.19. The zero-order valence-electron chi connectivity index (χ0n) is 14.8. The molecule has 1 aliphatic rings. The standard InChI is InChI=1S/C19H29FN2O2S/c1-13(11-15-9-5-6-10-16(15)20)22-19(23)18(24-25)17(21)12-14-7-3-2-4-8-14/h5-6,9-10,13-14,17-18,25H,2-4,7-8,11-12,21H2,1H3,(H,22,23)/t13?,17-,18?/m1/s1. The predicted molar refractivity (Wildman–Crippen MR) is 101 cm³/mol.